The number of aromatic nitrogens is 2. The van der Waals surface area contributed by atoms with Gasteiger partial charge in [0.15, 0.2) is 5.60 Å². The maximum absolute atomic E-state index is 14.0. The fraction of sp³-hybridized carbons (Fsp3) is 0.357. The number of esters is 1. The maximum atomic E-state index is 14.0. The van der Waals surface area contributed by atoms with E-state index < -0.39 is 40.7 Å². The summed E-state index contributed by atoms with van der Waals surface area (Å²) >= 11 is 5.86. The Balaban J connectivity index is 1.50. The van der Waals surface area contributed by atoms with Gasteiger partial charge < -0.3 is 19.5 Å². The normalized spacial score (nSPS) is 13.4. The maximum Gasteiger partial charge on any atom is 0.420 e. The van der Waals surface area contributed by atoms with Gasteiger partial charge in [0, 0.05) is 24.0 Å². The Morgan fingerprint density at radius 2 is 1.73 bits per heavy atom. The van der Waals surface area contributed by atoms with E-state index in [1.807, 2.05) is 0 Å². The summed E-state index contributed by atoms with van der Waals surface area (Å²) in [7, 11) is 0. The molecule has 3 aromatic rings. The largest absolute Gasteiger partial charge is 0.476 e. The third-order valence-corrected chi connectivity index (χ3v) is 6.02. The SMILES string of the molecule is CC(C)(C)OC(=O)C(C)(C)Oc1ccc(NC(=O)N2CCc3cc(Oc4cc(Cl)ncn4)ccc32)cc1C(F)(F)F. The molecule has 4 rings (SSSR count). The average molecular weight is 593 g/mol. The molecule has 1 N–H and O–H groups in total. The monoisotopic (exact) mass is 592 g/mol. The van der Waals surface area contributed by atoms with Crippen LogP contribution in [0.15, 0.2) is 48.8 Å². The predicted octanol–water partition coefficient (Wildman–Crippen LogP) is 7.03. The number of fused-ring (bicyclic) bond motifs is 1. The molecule has 0 radical (unpaired) electrons. The van der Waals surface area contributed by atoms with Gasteiger partial charge in [-0.05, 0) is 83.0 Å². The van der Waals surface area contributed by atoms with Crippen molar-refractivity contribution >= 4 is 35.0 Å². The van der Waals surface area contributed by atoms with Crippen molar-refractivity contribution in [2.45, 2.75) is 58.4 Å². The molecule has 41 heavy (non-hydrogen) atoms. The summed E-state index contributed by atoms with van der Waals surface area (Å²) in [6.45, 7) is 7.87. The second-order valence-electron chi connectivity index (χ2n) is 10.7. The van der Waals surface area contributed by atoms with E-state index in [0.29, 0.717) is 24.4 Å². The Morgan fingerprint density at radius 1 is 1.00 bits per heavy atom. The van der Waals surface area contributed by atoms with Gasteiger partial charge in [-0.1, -0.05) is 11.6 Å². The zero-order chi connectivity index (χ0) is 30.2. The lowest BCUT2D eigenvalue weighted by Gasteiger charge is -2.30. The lowest BCUT2D eigenvalue weighted by molar-refractivity contribution is -0.172. The molecular formula is C28H28ClF3N4O5. The Hall–Kier alpha value is -4.06. The highest BCUT2D eigenvalue weighted by atomic mass is 35.5. The summed E-state index contributed by atoms with van der Waals surface area (Å²) in [5.74, 6) is -0.673. The third-order valence-electron chi connectivity index (χ3n) is 5.81. The van der Waals surface area contributed by atoms with Gasteiger partial charge in [0.1, 0.15) is 28.6 Å². The van der Waals surface area contributed by atoms with Crippen LogP contribution in [0, 0.1) is 0 Å². The zero-order valence-electron chi connectivity index (χ0n) is 22.9. The van der Waals surface area contributed by atoms with Crippen LogP contribution >= 0.6 is 11.6 Å². The van der Waals surface area contributed by atoms with Crippen molar-refractivity contribution in [1.29, 1.82) is 0 Å². The van der Waals surface area contributed by atoms with Crippen LogP contribution in [0.25, 0.3) is 0 Å². The summed E-state index contributed by atoms with van der Waals surface area (Å²) in [6, 6.07) is 9.00. The van der Waals surface area contributed by atoms with Gasteiger partial charge in [0.2, 0.25) is 5.88 Å². The number of hydrogen-bond acceptors (Lipinski definition) is 7. The number of benzene rings is 2. The smallest absolute Gasteiger partial charge is 0.420 e. The molecule has 0 atom stereocenters. The number of urea groups is 1. The topological polar surface area (TPSA) is 103 Å². The first-order valence-electron chi connectivity index (χ1n) is 12.5. The number of carbonyl (C=O) groups excluding carboxylic acids is 2. The number of alkyl halides is 3. The first kappa shape index (κ1) is 29.9. The number of anilines is 2. The molecule has 13 heteroatoms. The van der Waals surface area contributed by atoms with Crippen LogP contribution in [-0.4, -0.2) is 39.7 Å². The van der Waals surface area contributed by atoms with E-state index in [2.05, 4.69) is 15.3 Å². The van der Waals surface area contributed by atoms with Gasteiger partial charge in [0.25, 0.3) is 0 Å². The molecule has 0 saturated carbocycles. The number of ether oxygens (including phenoxy) is 3. The zero-order valence-corrected chi connectivity index (χ0v) is 23.7. The van der Waals surface area contributed by atoms with Crippen molar-refractivity contribution in [2.75, 3.05) is 16.8 Å². The molecule has 0 bridgehead atoms. The van der Waals surface area contributed by atoms with Gasteiger partial charge in [-0.25, -0.2) is 19.6 Å². The van der Waals surface area contributed by atoms with Gasteiger partial charge in [-0.15, -0.1) is 0 Å². The van der Waals surface area contributed by atoms with Crippen LogP contribution in [0.5, 0.6) is 17.4 Å². The molecule has 1 aromatic heterocycles. The molecule has 9 nitrogen and oxygen atoms in total. The van der Waals surface area contributed by atoms with Crippen LogP contribution in [-0.2, 0) is 22.1 Å². The van der Waals surface area contributed by atoms with E-state index in [-0.39, 0.29) is 16.7 Å². The average Bonchev–Trinajstić information content (AvgIpc) is 3.26. The van der Waals surface area contributed by atoms with E-state index >= 15 is 0 Å². The first-order valence-corrected chi connectivity index (χ1v) is 12.9. The van der Waals surface area contributed by atoms with Gasteiger partial charge >= 0.3 is 18.2 Å². The molecular weight excluding hydrogens is 565 g/mol. The number of hydrogen-bond donors (Lipinski definition) is 1. The summed E-state index contributed by atoms with van der Waals surface area (Å²) in [4.78, 5) is 34.8. The highest BCUT2D eigenvalue weighted by Crippen LogP contribution is 2.40. The van der Waals surface area contributed by atoms with E-state index in [1.165, 1.54) is 37.2 Å². The highest BCUT2D eigenvalue weighted by molar-refractivity contribution is 6.29. The Bertz CT molecular complexity index is 1470. The molecule has 0 spiro atoms. The molecule has 0 saturated heterocycles. The number of carbonyl (C=O) groups is 2. The number of halogens is 4. The van der Waals surface area contributed by atoms with Crippen molar-refractivity contribution in [2.24, 2.45) is 0 Å². The molecule has 0 unspecified atom stereocenters. The Morgan fingerprint density at radius 3 is 2.39 bits per heavy atom. The number of amides is 2. The van der Waals surface area contributed by atoms with E-state index in [9.17, 15) is 22.8 Å². The number of nitrogens with one attached hydrogen (secondary N) is 1. The van der Waals surface area contributed by atoms with Crippen molar-refractivity contribution in [3.8, 4) is 17.4 Å². The molecule has 0 aliphatic carbocycles. The fourth-order valence-corrected chi connectivity index (χ4v) is 4.11. The molecule has 2 aromatic carbocycles. The first-order chi connectivity index (χ1) is 19.0. The van der Waals surface area contributed by atoms with Crippen molar-refractivity contribution in [3.63, 3.8) is 0 Å². The number of rotatable bonds is 6. The fourth-order valence-electron chi connectivity index (χ4n) is 3.97. The Labute approximate surface area is 239 Å². The van der Waals surface area contributed by atoms with E-state index in [4.69, 9.17) is 25.8 Å². The van der Waals surface area contributed by atoms with Crippen LogP contribution in [0.2, 0.25) is 5.15 Å². The minimum absolute atomic E-state index is 0.0983. The van der Waals surface area contributed by atoms with Gasteiger partial charge in [-0.3, -0.25) is 4.90 Å². The van der Waals surface area contributed by atoms with E-state index in [0.717, 1.165) is 17.7 Å². The molecule has 218 valence electrons. The quantitative estimate of drug-likeness (QED) is 0.242. The molecule has 1 aliphatic heterocycles. The summed E-state index contributed by atoms with van der Waals surface area (Å²) in [6.07, 6.45) is -3.06. The summed E-state index contributed by atoms with van der Waals surface area (Å²) < 4.78 is 58.4. The lowest BCUT2D eigenvalue weighted by Crippen LogP contribution is -2.43. The van der Waals surface area contributed by atoms with Crippen molar-refractivity contribution in [3.05, 3.63) is 65.1 Å². The van der Waals surface area contributed by atoms with Gasteiger partial charge in [0.05, 0.1) is 5.56 Å². The van der Waals surface area contributed by atoms with E-state index in [1.54, 1.807) is 39.0 Å². The van der Waals surface area contributed by atoms with Crippen molar-refractivity contribution < 1.29 is 37.0 Å². The minimum atomic E-state index is -4.83. The van der Waals surface area contributed by atoms with Gasteiger partial charge in [-0.2, -0.15) is 13.2 Å². The summed E-state index contributed by atoms with van der Waals surface area (Å²) in [5.41, 5.74) is -2.42. The Kier molecular flexibility index (Phi) is 8.08. The van der Waals surface area contributed by atoms with Crippen molar-refractivity contribution in [1.82, 2.24) is 9.97 Å². The predicted molar refractivity (Wildman–Crippen MR) is 146 cm³/mol. The third kappa shape index (κ3) is 7.37. The highest BCUT2D eigenvalue weighted by Gasteiger charge is 2.40. The second kappa shape index (κ2) is 11.1. The molecule has 2 heterocycles. The second-order valence-corrected chi connectivity index (χ2v) is 11.1. The minimum Gasteiger partial charge on any atom is -0.476 e. The number of nitrogens with zero attached hydrogens (tertiary/aromatic N) is 3. The van der Waals surface area contributed by atoms with Crippen LogP contribution in [0.3, 0.4) is 0 Å². The molecule has 1 aliphatic rings. The van der Waals surface area contributed by atoms with Crippen LogP contribution < -0.4 is 19.7 Å². The standard InChI is InChI=1S/C28H28ClF3N4O5/c1-26(2,3)41-24(37)27(4,5)40-21-9-6-17(13-19(21)28(30,31)32)35-25(38)36-11-10-16-12-18(7-8-20(16)36)39-23-14-22(29)33-15-34-23/h6-9,12-15H,10-11H2,1-5H3,(H,35,38). The van der Waals surface area contributed by atoms with Crippen LogP contribution in [0.4, 0.5) is 29.3 Å². The lowest BCUT2D eigenvalue weighted by atomic mass is 10.1. The van der Waals surface area contributed by atoms with Crippen LogP contribution in [0.1, 0.15) is 45.7 Å². The summed E-state index contributed by atoms with van der Waals surface area (Å²) in [5, 5.41) is 2.74. The molecule has 0 fully saturated rings. The molecule has 2 amide bonds.